The second kappa shape index (κ2) is 6.08. The van der Waals surface area contributed by atoms with E-state index in [2.05, 4.69) is 25.7 Å². The van der Waals surface area contributed by atoms with Gasteiger partial charge in [-0.05, 0) is 26.8 Å². The minimum Gasteiger partial charge on any atom is -0.267 e. The number of nitrogens with one attached hydrogen (secondary N) is 1. The molecule has 3 rings (SSSR count). The van der Waals surface area contributed by atoms with Gasteiger partial charge < -0.3 is 0 Å². The molecular weight excluding hydrogens is 325 g/mol. The Morgan fingerprint density at radius 2 is 1.88 bits per heavy atom. The van der Waals surface area contributed by atoms with Crippen molar-refractivity contribution in [2.45, 2.75) is 20.8 Å². The zero-order valence-electron chi connectivity index (χ0n) is 14.6. The highest BCUT2D eigenvalue weighted by atomic mass is 19.1. The molecule has 0 aliphatic heterocycles. The van der Waals surface area contributed by atoms with E-state index in [0.717, 1.165) is 4.68 Å². The molecule has 1 N–H and O–H groups in total. The maximum Gasteiger partial charge on any atom is 0.272 e. The molecule has 0 atom stereocenters. The monoisotopic (exact) mass is 343 g/mol. The zero-order chi connectivity index (χ0) is 18.3. The molecule has 25 heavy (non-hydrogen) atoms. The summed E-state index contributed by atoms with van der Waals surface area (Å²) in [7, 11) is 3.27. The number of halogens is 1. The van der Waals surface area contributed by atoms with Crippen molar-refractivity contribution in [3.05, 3.63) is 40.2 Å². The summed E-state index contributed by atoms with van der Waals surface area (Å²) in [5, 5.41) is 12.8. The summed E-state index contributed by atoms with van der Waals surface area (Å²) in [4.78, 5) is 16.9. The van der Waals surface area contributed by atoms with Crippen molar-refractivity contribution in [1.29, 1.82) is 0 Å². The van der Waals surface area contributed by atoms with Crippen LogP contribution in [0.4, 0.5) is 4.39 Å². The van der Waals surface area contributed by atoms with Gasteiger partial charge in [-0.3, -0.25) is 9.48 Å². The number of fused-ring (bicyclic) bond motifs is 1. The Kier molecular flexibility index (Phi) is 4.07. The maximum absolute atomic E-state index is 13.9. The van der Waals surface area contributed by atoms with Crippen molar-refractivity contribution in [1.82, 2.24) is 30.0 Å². The van der Waals surface area contributed by atoms with Crippen LogP contribution in [-0.2, 0) is 14.1 Å². The molecule has 0 bridgehead atoms. The van der Waals surface area contributed by atoms with Gasteiger partial charge >= 0.3 is 0 Å². The summed E-state index contributed by atoms with van der Waals surface area (Å²) in [5.41, 5.74) is 5.60. The summed E-state index contributed by atoms with van der Waals surface area (Å²) in [5.74, 6) is -0.925. The molecule has 0 aliphatic carbocycles. The van der Waals surface area contributed by atoms with Crippen LogP contribution in [0.3, 0.4) is 0 Å². The van der Waals surface area contributed by atoms with Gasteiger partial charge in [-0.15, -0.1) is 0 Å². The van der Waals surface area contributed by atoms with Crippen LogP contribution in [-0.4, -0.2) is 36.7 Å². The largest absolute Gasteiger partial charge is 0.272 e. The number of aryl methyl sites for hydroxylation is 5. The maximum atomic E-state index is 13.9. The minimum absolute atomic E-state index is 0.233. The molecule has 130 valence electrons. The summed E-state index contributed by atoms with van der Waals surface area (Å²) < 4.78 is 16.6. The lowest BCUT2D eigenvalue weighted by Gasteiger charge is -2.04. The molecular formula is C16H18FN7O. The van der Waals surface area contributed by atoms with Crippen LogP contribution < -0.4 is 5.43 Å². The number of pyridine rings is 1. The van der Waals surface area contributed by atoms with Gasteiger partial charge in [-0.1, -0.05) is 0 Å². The standard InChI is InChI=1S/C16H18FN7O/c1-8-6-11(13-10(3)22-24(5)15(13)19-8)16(25)20-18-7-12-9(2)21-23(4)14(12)17/h6-7H,1-5H3,(H,20,25)/b18-7+. The van der Waals surface area contributed by atoms with E-state index in [9.17, 15) is 9.18 Å². The van der Waals surface area contributed by atoms with Crippen LogP contribution >= 0.6 is 0 Å². The number of hydrogen-bond donors (Lipinski definition) is 1. The number of amides is 1. The molecule has 0 radical (unpaired) electrons. The van der Waals surface area contributed by atoms with Gasteiger partial charge in [0.25, 0.3) is 5.91 Å². The average molecular weight is 343 g/mol. The van der Waals surface area contributed by atoms with Crippen LogP contribution in [0.1, 0.15) is 33.0 Å². The van der Waals surface area contributed by atoms with Gasteiger partial charge in [0.2, 0.25) is 5.95 Å². The predicted octanol–water partition coefficient (Wildman–Crippen LogP) is 1.53. The van der Waals surface area contributed by atoms with Crippen LogP contribution in [0.5, 0.6) is 0 Å². The van der Waals surface area contributed by atoms with E-state index in [0.29, 0.717) is 33.7 Å². The topological polar surface area (TPSA) is 90.0 Å². The fourth-order valence-electron chi connectivity index (χ4n) is 2.76. The summed E-state index contributed by atoms with van der Waals surface area (Å²) in [6.07, 6.45) is 1.25. The molecule has 0 spiro atoms. The van der Waals surface area contributed by atoms with E-state index in [1.165, 1.54) is 13.3 Å². The highest BCUT2D eigenvalue weighted by Gasteiger charge is 2.17. The van der Waals surface area contributed by atoms with Crippen molar-refractivity contribution >= 4 is 23.2 Å². The smallest absolute Gasteiger partial charge is 0.267 e. The highest BCUT2D eigenvalue weighted by molar-refractivity contribution is 6.06. The summed E-state index contributed by atoms with van der Waals surface area (Å²) >= 11 is 0. The van der Waals surface area contributed by atoms with Crippen LogP contribution in [0.15, 0.2) is 11.2 Å². The third-order valence-corrected chi connectivity index (χ3v) is 3.90. The summed E-state index contributed by atoms with van der Waals surface area (Å²) in [6.45, 7) is 5.28. The SMILES string of the molecule is Cc1cc(C(=O)N/N=C/c2c(C)nn(C)c2F)c2c(C)nn(C)c2n1. The van der Waals surface area contributed by atoms with E-state index >= 15 is 0 Å². The molecule has 3 aromatic heterocycles. The third kappa shape index (κ3) is 2.88. The van der Waals surface area contributed by atoms with Crippen molar-refractivity contribution in [3.63, 3.8) is 0 Å². The van der Waals surface area contributed by atoms with Gasteiger partial charge in [0.1, 0.15) is 0 Å². The quantitative estimate of drug-likeness (QED) is 0.577. The number of carbonyl (C=O) groups excluding carboxylic acids is 1. The normalized spacial score (nSPS) is 11.6. The Morgan fingerprint density at radius 3 is 2.52 bits per heavy atom. The summed E-state index contributed by atoms with van der Waals surface area (Å²) in [6, 6.07) is 1.68. The van der Waals surface area contributed by atoms with Crippen LogP contribution in [0.25, 0.3) is 11.0 Å². The van der Waals surface area contributed by atoms with Gasteiger partial charge in [-0.2, -0.15) is 19.7 Å². The fourth-order valence-corrected chi connectivity index (χ4v) is 2.76. The van der Waals surface area contributed by atoms with Gasteiger partial charge in [0.05, 0.1) is 34.1 Å². The number of rotatable bonds is 3. The first-order valence-electron chi connectivity index (χ1n) is 7.63. The van der Waals surface area contributed by atoms with E-state index in [1.807, 2.05) is 6.92 Å². The molecule has 1 amide bonds. The van der Waals surface area contributed by atoms with Crippen molar-refractivity contribution in [2.24, 2.45) is 19.2 Å². The highest BCUT2D eigenvalue weighted by Crippen LogP contribution is 2.21. The number of carbonyl (C=O) groups is 1. The Bertz CT molecular complexity index is 1020. The van der Waals surface area contributed by atoms with E-state index in [-0.39, 0.29) is 5.56 Å². The molecule has 0 aliphatic rings. The molecule has 0 unspecified atom stereocenters. The Morgan fingerprint density at radius 1 is 1.20 bits per heavy atom. The Labute approximate surface area is 143 Å². The average Bonchev–Trinajstić information content (AvgIpc) is 2.96. The van der Waals surface area contributed by atoms with Gasteiger partial charge in [-0.25, -0.2) is 15.1 Å². The zero-order valence-corrected chi connectivity index (χ0v) is 14.6. The second-order valence-corrected chi connectivity index (χ2v) is 5.83. The molecule has 0 aromatic carbocycles. The molecule has 9 heteroatoms. The Hall–Kier alpha value is -3.10. The lowest BCUT2D eigenvalue weighted by molar-refractivity contribution is 0.0956. The molecule has 0 fully saturated rings. The van der Waals surface area contributed by atoms with Crippen LogP contribution in [0.2, 0.25) is 0 Å². The first-order chi connectivity index (χ1) is 11.8. The molecule has 0 saturated carbocycles. The number of hydrogen-bond acceptors (Lipinski definition) is 5. The van der Waals surface area contributed by atoms with Gasteiger partial charge in [0, 0.05) is 19.8 Å². The number of nitrogens with zero attached hydrogens (tertiary/aromatic N) is 6. The molecule has 8 nitrogen and oxygen atoms in total. The first kappa shape index (κ1) is 16.7. The van der Waals surface area contributed by atoms with E-state index < -0.39 is 11.9 Å². The third-order valence-electron chi connectivity index (χ3n) is 3.90. The molecule has 0 saturated heterocycles. The Balaban J connectivity index is 1.92. The number of hydrazone groups is 1. The van der Waals surface area contributed by atoms with Crippen molar-refractivity contribution in [3.8, 4) is 0 Å². The fraction of sp³-hybridized carbons (Fsp3) is 0.312. The lowest BCUT2D eigenvalue weighted by atomic mass is 10.1. The van der Waals surface area contributed by atoms with Gasteiger partial charge in [0.15, 0.2) is 5.65 Å². The van der Waals surface area contributed by atoms with Crippen molar-refractivity contribution in [2.75, 3.05) is 0 Å². The van der Waals surface area contributed by atoms with Crippen LogP contribution in [0, 0.1) is 26.7 Å². The predicted molar refractivity (Wildman–Crippen MR) is 90.9 cm³/mol. The number of aromatic nitrogens is 5. The molecule has 3 heterocycles. The second-order valence-electron chi connectivity index (χ2n) is 5.83. The van der Waals surface area contributed by atoms with Crippen molar-refractivity contribution < 1.29 is 9.18 Å². The minimum atomic E-state index is -0.513. The van der Waals surface area contributed by atoms with E-state index in [4.69, 9.17) is 0 Å². The first-order valence-corrected chi connectivity index (χ1v) is 7.63. The van der Waals surface area contributed by atoms with E-state index in [1.54, 1.807) is 31.6 Å². The lowest BCUT2D eigenvalue weighted by Crippen LogP contribution is -2.18. The molecule has 3 aromatic rings.